The zero-order valence-electron chi connectivity index (χ0n) is 8.72. The number of carbonyl (C=O) groups is 1. The number of hydrogen-bond donors (Lipinski definition) is 1. The van der Waals surface area contributed by atoms with Crippen molar-refractivity contribution in [3.8, 4) is 0 Å². The highest BCUT2D eigenvalue weighted by Gasteiger charge is 2.50. The summed E-state index contributed by atoms with van der Waals surface area (Å²) in [6.07, 6.45) is 3.92. The molecule has 1 aliphatic carbocycles. The van der Waals surface area contributed by atoms with Crippen LogP contribution < -0.4 is 5.73 Å². The smallest absolute Gasteiger partial charge is 0.326 e. The van der Waals surface area contributed by atoms with Crippen molar-refractivity contribution in [2.24, 2.45) is 11.1 Å². The molecule has 13 heavy (non-hydrogen) atoms. The van der Waals surface area contributed by atoms with E-state index >= 15 is 0 Å². The Bertz CT molecular complexity index is 213. The average Bonchev–Trinajstić information content (AvgIpc) is 2.08. The molecule has 2 N–H and O–H groups in total. The maximum atomic E-state index is 11.6. The van der Waals surface area contributed by atoms with Crippen molar-refractivity contribution in [3.63, 3.8) is 0 Å². The third-order valence-electron chi connectivity index (χ3n) is 3.38. The van der Waals surface area contributed by atoms with E-state index < -0.39 is 5.54 Å². The minimum Gasteiger partial charge on any atom is -0.468 e. The van der Waals surface area contributed by atoms with Gasteiger partial charge < -0.3 is 10.5 Å². The van der Waals surface area contributed by atoms with Crippen LogP contribution in [0.15, 0.2) is 0 Å². The highest BCUT2D eigenvalue weighted by atomic mass is 16.5. The van der Waals surface area contributed by atoms with Gasteiger partial charge in [0.15, 0.2) is 0 Å². The number of esters is 1. The molecule has 1 unspecified atom stereocenters. The summed E-state index contributed by atoms with van der Waals surface area (Å²) in [7, 11) is 1.40. The van der Waals surface area contributed by atoms with E-state index in [9.17, 15) is 4.79 Å². The molecule has 1 fully saturated rings. The fraction of sp³-hybridized carbons (Fsp3) is 0.900. The van der Waals surface area contributed by atoms with E-state index in [4.69, 9.17) is 10.5 Å². The van der Waals surface area contributed by atoms with Gasteiger partial charge >= 0.3 is 5.97 Å². The molecule has 76 valence electrons. The van der Waals surface area contributed by atoms with E-state index in [1.54, 1.807) is 0 Å². The first-order valence-electron chi connectivity index (χ1n) is 4.81. The van der Waals surface area contributed by atoms with Crippen LogP contribution in [-0.4, -0.2) is 18.6 Å². The van der Waals surface area contributed by atoms with Crippen molar-refractivity contribution in [3.05, 3.63) is 0 Å². The Balaban J connectivity index is 2.90. The van der Waals surface area contributed by atoms with Crippen molar-refractivity contribution >= 4 is 5.97 Å². The summed E-state index contributed by atoms with van der Waals surface area (Å²) in [6, 6.07) is 0. The van der Waals surface area contributed by atoms with Gasteiger partial charge in [0.25, 0.3) is 0 Å². The van der Waals surface area contributed by atoms with Gasteiger partial charge in [0.05, 0.1) is 7.11 Å². The number of rotatable bonds is 1. The summed E-state index contributed by atoms with van der Waals surface area (Å²) in [5.74, 6) is -0.266. The minimum absolute atomic E-state index is 0.141. The number of nitrogens with two attached hydrogens (primary N) is 1. The lowest BCUT2D eigenvalue weighted by Gasteiger charge is -2.45. The summed E-state index contributed by atoms with van der Waals surface area (Å²) in [6.45, 7) is 4.09. The maximum Gasteiger partial charge on any atom is 0.326 e. The molecule has 0 aromatic heterocycles. The van der Waals surface area contributed by atoms with Crippen LogP contribution in [0.5, 0.6) is 0 Å². The van der Waals surface area contributed by atoms with E-state index in [2.05, 4.69) is 0 Å². The van der Waals surface area contributed by atoms with E-state index in [1.165, 1.54) is 7.11 Å². The number of methoxy groups -OCH3 is 1. The molecule has 1 saturated carbocycles. The monoisotopic (exact) mass is 185 g/mol. The van der Waals surface area contributed by atoms with Crippen molar-refractivity contribution in [2.45, 2.75) is 45.1 Å². The van der Waals surface area contributed by atoms with Crippen LogP contribution in [-0.2, 0) is 9.53 Å². The summed E-state index contributed by atoms with van der Waals surface area (Å²) in [5, 5.41) is 0. The Hall–Kier alpha value is -0.570. The Morgan fingerprint density at radius 1 is 1.31 bits per heavy atom. The van der Waals surface area contributed by atoms with Crippen LogP contribution in [0.25, 0.3) is 0 Å². The highest BCUT2D eigenvalue weighted by molar-refractivity contribution is 5.81. The van der Waals surface area contributed by atoms with E-state index in [0.717, 1.165) is 25.7 Å². The quantitative estimate of drug-likeness (QED) is 0.629. The molecule has 0 saturated heterocycles. The lowest BCUT2D eigenvalue weighted by molar-refractivity contribution is -0.154. The standard InChI is InChI=1S/C10H19NO2/c1-9(2)6-4-5-7-10(9,11)8(12)13-3/h4-7,11H2,1-3H3. The van der Waals surface area contributed by atoms with Crippen molar-refractivity contribution in [1.29, 1.82) is 0 Å². The number of carbonyl (C=O) groups excluding carboxylic acids is 1. The zero-order valence-corrected chi connectivity index (χ0v) is 8.72. The molecule has 0 aromatic carbocycles. The molecule has 0 aliphatic heterocycles. The van der Waals surface area contributed by atoms with Gasteiger partial charge in [0.2, 0.25) is 0 Å². The predicted octanol–water partition coefficient (Wildman–Crippen LogP) is 1.46. The third kappa shape index (κ3) is 1.57. The molecule has 1 aliphatic rings. The molecule has 0 aromatic rings. The van der Waals surface area contributed by atoms with Gasteiger partial charge in [-0.05, 0) is 18.3 Å². The first-order chi connectivity index (χ1) is 5.94. The summed E-state index contributed by atoms with van der Waals surface area (Å²) in [4.78, 5) is 11.6. The number of hydrogen-bond acceptors (Lipinski definition) is 3. The van der Waals surface area contributed by atoms with Gasteiger partial charge in [-0.3, -0.25) is 4.79 Å². The SMILES string of the molecule is COC(=O)C1(N)CCCCC1(C)C. The summed E-state index contributed by atoms with van der Waals surface area (Å²) >= 11 is 0. The van der Waals surface area contributed by atoms with Crippen molar-refractivity contribution in [1.82, 2.24) is 0 Å². The molecule has 0 amide bonds. The summed E-state index contributed by atoms with van der Waals surface area (Å²) in [5.41, 5.74) is 5.20. The Kier molecular flexibility index (Phi) is 2.66. The lowest BCUT2D eigenvalue weighted by atomic mass is 9.63. The van der Waals surface area contributed by atoms with Crippen LogP contribution >= 0.6 is 0 Å². The van der Waals surface area contributed by atoms with Gasteiger partial charge in [0, 0.05) is 0 Å². The maximum absolute atomic E-state index is 11.6. The molecule has 0 radical (unpaired) electrons. The van der Waals surface area contributed by atoms with Gasteiger partial charge in [-0.2, -0.15) is 0 Å². The van der Waals surface area contributed by atoms with Crippen LogP contribution in [0.1, 0.15) is 39.5 Å². The Morgan fingerprint density at radius 3 is 2.31 bits per heavy atom. The van der Waals surface area contributed by atoms with Crippen LogP contribution in [0.4, 0.5) is 0 Å². The summed E-state index contributed by atoms with van der Waals surface area (Å²) < 4.78 is 4.76. The van der Waals surface area contributed by atoms with Gasteiger partial charge in [0.1, 0.15) is 5.54 Å². The molecule has 1 rings (SSSR count). The van der Waals surface area contributed by atoms with E-state index in [1.807, 2.05) is 13.8 Å². The fourth-order valence-electron chi connectivity index (χ4n) is 2.09. The van der Waals surface area contributed by atoms with Gasteiger partial charge in [-0.15, -0.1) is 0 Å². The first-order valence-corrected chi connectivity index (χ1v) is 4.81. The molecule has 0 bridgehead atoms. The number of ether oxygens (including phenoxy) is 1. The molecule has 0 spiro atoms. The fourth-order valence-corrected chi connectivity index (χ4v) is 2.09. The highest BCUT2D eigenvalue weighted by Crippen LogP contribution is 2.42. The first kappa shape index (κ1) is 10.5. The molecular weight excluding hydrogens is 166 g/mol. The Labute approximate surface area is 79.6 Å². The van der Waals surface area contributed by atoms with Crippen LogP contribution in [0.3, 0.4) is 0 Å². The average molecular weight is 185 g/mol. The van der Waals surface area contributed by atoms with Gasteiger partial charge in [-0.25, -0.2) is 0 Å². The molecule has 3 heteroatoms. The van der Waals surface area contributed by atoms with Crippen molar-refractivity contribution in [2.75, 3.05) is 7.11 Å². The molecule has 0 heterocycles. The Morgan fingerprint density at radius 2 is 1.85 bits per heavy atom. The van der Waals surface area contributed by atoms with Crippen LogP contribution in [0, 0.1) is 5.41 Å². The molecule has 1 atom stereocenters. The third-order valence-corrected chi connectivity index (χ3v) is 3.38. The largest absolute Gasteiger partial charge is 0.468 e. The topological polar surface area (TPSA) is 52.3 Å². The van der Waals surface area contributed by atoms with Crippen LogP contribution in [0.2, 0.25) is 0 Å². The minimum atomic E-state index is -0.778. The molecular formula is C10H19NO2. The second kappa shape index (κ2) is 3.29. The van der Waals surface area contributed by atoms with E-state index in [0.29, 0.717) is 0 Å². The zero-order chi connectivity index (χ0) is 10.1. The van der Waals surface area contributed by atoms with E-state index in [-0.39, 0.29) is 11.4 Å². The van der Waals surface area contributed by atoms with Gasteiger partial charge in [-0.1, -0.05) is 26.7 Å². The molecule has 3 nitrogen and oxygen atoms in total. The second-order valence-corrected chi connectivity index (χ2v) is 4.55. The predicted molar refractivity (Wildman–Crippen MR) is 51.2 cm³/mol. The second-order valence-electron chi connectivity index (χ2n) is 4.55. The normalized spacial score (nSPS) is 32.6. The lowest BCUT2D eigenvalue weighted by Crippen LogP contribution is -2.60. The van der Waals surface area contributed by atoms with Crippen molar-refractivity contribution < 1.29 is 9.53 Å².